The molecule has 0 aliphatic carbocycles. The van der Waals surface area contributed by atoms with Gasteiger partial charge in [-0.05, 0) is 63.6 Å². The SMILES string of the molecule is COc1ccc(CCN)cc1Nc1nc(Nc2ccccc2S(=O)(=O)C(C)C)c(C)c[nH+]1. The number of aromatic amines is 1. The van der Waals surface area contributed by atoms with E-state index in [2.05, 4.69) is 20.6 Å². The molecule has 0 radical (unpaired) electrons. The maximum absolute atomic E-state index is 12.8. The van der Waals surface area contributed by atoms with Crippen LogP contribution in [0.15, 0.2) is 53.6 Å². The molecule has 0 saturated heterocycles. The van der Waals surface area contributed by atoms with E-state index in [1.165, 1.54) is 0 Å². The standard InChI is InChI=1S/C23H29N5O3S/c1-15(2)32(29,30)21-8-6-5-7-18(21)26-22-16(3)14-25-23(28-22)27-19-13-17(11-12-24)9-10-20(19)31-4/h5-10,13-15H,11-12,24H2,1-4H3,(H2,25,26,27,28)/p+1. The molecular formula is C23H30N5O3S+. The van der Waals surface area contributed by atoms with Crippen LogP contribution in [0.1, 0.15) is 25.0 Å². The van der Waals surface area contributed by atoms with Crippen molar-refractivity contribution in [2.45, 2.75) is 37.3 Å². The van der Waals surface area contributed by atoms with Crippen molar-refractivity contribution in [2.75, 3.05) is 24.3 Å². The van der Waals surface area contributed by atoms with Gasteiger partial charge in [-0.25, -0.2) is 18.7 Å². The van der Waals surface area contributed by atoms with Crippen LogP contribution in [-0.2, 0) is 16.3 Å². The minimum Gasteiger partial charge on any atom is -0.493 e. The van der Waals surface area contributed by atoms with Crippen molar-refractivity contribution in [2.24, 2.45) is 5.73 Å². The Morgan fingerprint density at radius 2 is 1.88 bits per heavy atom. The van der Waals surface area contributed by atoms with E-state index in [9.17, 15) is 8.42 Å². The van der Waals surface area contributed by atoms with Crippen LogP contribution in [0.5, 0.6) is 5.75 Å². The van der Waals surface area contributed by atoms with E-state index in [0.29, 0.717) is 29.7 Å². The number of aryl methyl sites for hydroxylation is 1. The van der Waals surface area contributed by atoms with Crippen LogP contribution in [-0.4, -0.2) is 32.3 Å². The second-order valence-electron chi connectivity index (χ2n) is 7.69. The summed E-state index contributed by atoms with van der Waals surface area (Å²) in [6, 6.07) is 12.7. The third-order valence-corrected chi connectivity index (χ3v) is 7.25. The molecule has 1 heterocycles. The van der Waals surface area contributed by atoms with E-state index in [-0.39, 0.29) is 4.90 Å². The van der Waals surface area contributed by atoms with Crippen LogP contribution in [0, 0.1) is 6.92 Å². The number of hydrogen-bond donors (Lipinski definition) is 3. The highest BCUT2D eigenvalue weighted by Gasteiger charge is 2.24. The zero-order valence-electron chi connectivity index (χ0n) is 18.8. The number of nitrogens with one attached hydrogen (secondary N) is 3. The van der Waals surface area contributed by atoms with Crippen LogP contribution < -0.4 is 26.1 Å². The summed E-state index contributed by atoms with van der Waals surface area (Å²) in [5, 5.41) is 5.90. The molecule has 3 aromatic rings. The van der Waals surface area contributed by atoms with Gasteiger partial charge in [0.25, 0.3) is 0 Å². The van der Waals surface area contributed by atoms with E-state index in [4.69, 9.17) is 10.5 Å². The van der Waals surface area contributed by atoms with Crippen molar-refractivity contribution >= 4 is 33.0 Å². The lowest BCUT2D eigenvalue weighted by Gasteiger charge is -2.14. The van der Waals surface area contributed by atoms with E-state index < -0.39 is 15.1 Å². The average Bonchev–Trinajstić information content (AvgIpc) is 2.77. The maximum atomic E-state index is 12.8. The van der Waals surface area contributed by atoms with Gasteiger partial charge < -0.3 is 15.8 Å². The maximum Gasteiger partial charge on any atom is 0.396 e. The summed E-state index contributed by atoms with van der Waals surface area (Å²) in [6.07, 6.45) is 2.55. The molecular weight excluding hydrogens is 426 g/mol. The van der Waals surface area contributed by atoms with Gasteiger partial charge in [-0.15, -0.1) is 0 Å². The van der Waals surface area contributed by atoms with Gasteiger partial charge in [0.15, 0.2) is 15.6 Å². The molecule has 0 unspecified atom stereocenters. The highest BCUT2D eigenvalue weighted by molar-refractivity contribution is 7.92. The van der Waals surface area contributed by atoms with Crippen LogP contribution in [0.25, 0.3) is 0 Å². The van der Waals surface area contributed by atoms with E-state index >= 15 is 0 Å². The Bertz CT molecular complexity index is 1200. The van der Waals surface area contributed by atoms with Gasteiger partial charge in [0.1, 0.15) is 5.69 Å². The summed E-state index contributed by atoms with van der Waals surface area (Å²) >= 11 is 0. The molecule has 3 rings (SSSR count). The van der Waals surface area contributed by atoms with Crippen LogP contribution >= 0.6 is 0 Å². The highest BCUT2D eigenvalue weighted by atomic mass is 32.2. The number of nitrogens with zero attached hydrogens (tertiary/aromatic N) is 1. The van der Waals surface area contributed by atoms with Gasteiger partial charge in [0.05, 0.1) is 29.1 Å². The molecule has 0 aliphatic rings. The number of sulfone groups is 1. The van der Waals surface area contributed by atoms with Crippen LogP contribution in [0.2, 0.25) is 0 Å². The summed E-state index contributed by atoms with van der Waals surface area (Å²) in [5.74, 6) is 1.68. The van der Waals surface area contributed by atoms with Gasteiger partial charge in [-0.3, -0.25) is 0 Å². The molecule has 2 aromatic carbocycles. The summed E-state index contributed by atoms with van der Waals surface area (Å²) in [4.78, 5) is 7.99. The number of benzene rings is 2. The number of methoxy groups -OCH3 is 1. The van der Waals surface area contributed by atoms with Crippen LogP contribution in [0.3, 0.4) is 0 Å². The zero-order valence-corrected chi connectivity index (χ0v) is 19.6. The van der Waals surface area contributed by atoms with Gasteiger partial charge in [0.2, 0.25) is 5.82 Å². The average molecular weight is 457 g/mol. The molecule has 5 N–H and O–H groups in total. The number of anilines is 4. The second kappa shape index (κ2) is 9.97. The quantitative estimate of drug-likeness (QED) is 0.451. The minimum absolute atomic E-state index is 0.245. The number of aromatic nitrogens is 2. The molecule has 0 atom stereocenters. The molecule has 0 saturated carbocycles. The number of H-pyrrole nitrogens is 1. The summed E-state index contributed by atoms with van der Waals surface area (Å²) in [7, 11) is -1.85. The normalized spacial score (nSPS) is 11.4. The molecule has 9 heteroatoms. The highest BCUT2D eigenvalue weighted by Crippen LogP contribution is 2.30. The fraction of sp³-hybridized carbons (Fsp3) is 0.304. The molecule has 0 fully saturated rings. The zero-order chi connectivity index (χ0) is 23.3. The Hall–Kier alpha value is -3.17. The van der Waals surface area contributed by atoms with Crippen molar-refractivity contribution in [3.8, 4) is 5.75 Å². The lowest BCUT2D eigenvalue weighted by atomic mass is 10.1. The first-order chi connectivity index (χ1) is 15.3. The van der Waals surface area contributed by atoms with Crippen molar-refractivity contribution in [3.63, 3.8) is 0 Å². The monoisotopic (exact) mass is 456 g/mol. The van der Waals surface area contributed by atoms with Gasteiger partial charge in [-0.2, -0.15) is 0 Å². The Labute approximate surface area is 189 Å². The lowest BCUT2D eigenvalue weighted by Crippen LogP contribution is -2.17. The lowest BCUT2D eigenvalue weighted by molar-refractivity contribution is -0.365. The summed E-state index contributed by atoms with van der Waals surface area (Å²) in [5.41, 5.74) is 8.82. The molecule has 0 spiro atoms. The van der Waals surface area contributed by atoms with E-state index in [0.717, 1.165) is 23.2 Å². The Morgan fingerprint density at radius 3 is 2.56 bits per heavy atom. The Morgan fingerprint density at radius 1 is 1.12 bits per heavy atom. The van der Waals surface area contributed by atoms with Gasteiger partial charge in [0, 0.05) is 5.56 Å². The molecule has 0 bridgehead atoms. The topological polar surface area (TPSA) is 120 Å². The third kappa shape index (κ3) is 5.17. The predicted octanol–water partition coefficient (Wildman–Crippen LogP) is 3.38. The molecule has 170 valence electrons. The first-order valence-corrected chi connectivity index (χ1v) is 11.9. The molecule has 0 amide bonds. The molecule has 32 heavy (non-hydrogen) atoms. The number of para-hydroxylation sites is 1. The third-order valence-electron chi connectivity index (χ3n) is 5.04. The van der Waals surface area contributed by atoms with Gasteiger partial charge in [-0.1, -0.05) is 23.2 Å². The van der Waals surface area contributed by atoms with Crippen LogP contribution in [0.4, 0.5) is 23.1 Å². The minimum atomic E-state index is -3.46. The smallest absolute Gasteiger partial charge is 0.396 e. The van der Waals surface area contributed by atoms with Crippen molar-refractivity contribution in [3.05, 3.63) is 59.8 Å². The number of rotatable bonds is 9. The van der Waals surface area contributed by atoms with Crippen molar-refractivity contribution < 1.29 is 18.1 Å². The summed E-state index contributed by atoms with van der Waals surface area (Å²) in [6.45, 7) is 5.77. The number of hydrogen-bond acceptors (Lipinski definition) is 7. The Balaban J connectivity index is 1.95. The van der Waals surface area contributed by atoms with E-state index in [1.54, 1.807) is 51.4 Å². The van der Waals surface area contributed by atoms with Crippen molar-refractivity contribution in [1.29, 1.82) is 0 Å². The molecule has 8 nitrogen and oxygen atoms in total. The number of ether oxygens (including phenoxy) is 1. The first kappa shape index (κ1) is 23.5. The fourth-order valence-corrected chi connectivity index (χ4v) is 4.37. The van der Waals surface area contributed by atoms with Gasteiger partial charge >= 0.3 is 5.95 Å². The Kier molecular flexibility index (Phi) is 7.32. The molecule has 0 aliphatic heterocycles. The van der Waals surface area contributed by atoms with Crippen molar-refractivity contribution in [1.82, 2.24) is 4.98 Å². The fourth-order valence-electron chi connectivity index (χ4n) is 3.17. The summed E-state index contributed by atoms with van der Waals surface area (Å²) < 4.78 is 31.0. The molecule has 1 aromatic heterocycles. The largest absolute Gasteiger partial charge is 0.493 e. The first-order valence-electron chi connectivity index (χ1n) is 10.4. The predicted molar refractivity (Wildman–Crippen MR) is 127 cm³/mol. The van der Waals surface area contributed by atoms with E-state index in [1.807, 2.05) is 25.1 Å². The number of nitrogens with two attached hydrogens (primary N) is 1. The second-order valence-corrected chi connectivity index (χ2v) is 10.2.